The summed E-state index contributed by atoms with van der Waals surface area (Å²) in [6.07, 6.45) is 1.42. The number of hydrogen-bond acceptors (Lipinski definition) is 4. The summed E-state index contributed by atoms with van der Waals surface area (Å²) >= 11 is 5.55. The molecule has 2 N–H and O–H groups in total. The Balaban J connectivity index is 1.67. The Kier molecular flexibility index (Phi) is 5.92. The van der Waals surface area contributed by atoms with Gasteiger partial charge < -0.3 is 14.9 Å². The zero-order chi connectivity index (χ0) is 18.0. The molecule has 0 aromatic heterocycles. The predicted molar refractivity (Wildman–Crippen MR) is 110 cm³/mol. The quantitative estimate of drug-likeness (QED) is 0.595. The minimum atomic E-state index is -0.752. The highest BCUT2D eigenvalue weighted by molar-refractivity contribution is 14.1. The molecule has 25 heavy (non-hydrogen) atoms. The van der Waals surface area contributed by atoms with Crippen molar-refractivity contribution in [2.75, 3.05) is 20.2 Å². The first-order valence-corrected chi connectivity index (χ1v) is 10.0. The van der Waals surface area contributed by atoms with Gasteiger partial charge in [-0.1, -0.05) is 28.1 Å². The number of halogens is 2. The average molecular weight is 518 g/mol. The highest BCUT2D eigenvalue weighted by Gasteiger charge is 2.33. The average Bonchev–Trinajstić information content (AvgIpc) is 2.60. The Morgan fingerprint density at radius 3 is 2.44 bits per heavy atom. The van der Waals surface area contributed by atoms with Gasteiger partial charge in [0.05, 0.1) is 16.3 Å². The monoisotopic (exact) mass is 517 g/mol. The van der Waals surface area contributed by atoms with E-state index in [2.05, 4.69) is 43.4 Å². The van der Waals surface area contributed by atoms with E-state index in [9.17, 15) is 10.2 Å². The molecule has 0 radical (unpaired) electrons. The number of aliphatic hydroxyl groups is 1. The maximum atomic E-state index is 11.0. The fourth-order valence-electron chi connectivity index (χ4n) is 3.26. The van der Waals surface area contributed by atoms with E-state index in [0.29, 0.717) is 18.6 Å². The van der Waals surface area contributed by atoms with Crippen LogP contribution in [0.1, 0.15) is 24.0 Å². The van der Waals surface area contributed by atoms with Crippen LogP contribution in [0.25, 0.3) is 0 Å². The minimum Gasteiger partial charge on any atom is -0.504 e. The summed E-state index contributed by atoms with van der Waals surface area (Å²) in [5.41, 5.74) is 1.34. The van der Waals surface area contributed by atoms with Crippen LogP contribution in [-0.2, 0) is 12.1 Å². The van der Waals surface area contributed by atoms with Crippen molar-refractivity contribution in [1.29, 1.82) is 0 Å². The predicted octanol–water partition coefficient (Wildman–Crippen LogP) is 4.25. The Labute approximate surface area is 170 Å². The molecule has 0 bridgehead atoms. The van der Waals surface area contributed by atoms with Gasteiger partial charge in [0.25, 0.3) is 0 Å². The van der Waals surface area contributed by atoms with Crippen molar-refractivity contribution in [3.05, 3.63) is 55.6 Å². The second-order valence-corrected chi connectivity index (χ2v) is 8.52. The molecule has 1 saturated heterocycles. The minimum absolute atomic E-state index is 0.190. The summed E-state index contributed by atoms with van der Waals surface area (Å²) < 4.78 is 7.05. The lowest BCUT2D eigenvalue weighted by molar-refractivity contribution is -0.0277. The number of hydrogen-bond donors (Lipinski definition) is 2. The smallest absolute Gasteiger partial charge is 0.171 e. The van der Waals surface area contributed by atoms with Crippen LogP contribution in [0.4, 0.5) is 0 Å². The summed E-state index contributed by atoms with van der Waals surface area (Å²) in [6.45, 7) is 2.43. The van der Waals surface area contributed by atoms with Gasteiger partial charge in [-0.25, -0.2) is 0 Å². The van der Waals surface area contributed by atoms with E-state index in [0.717, 1.165) is 38.8 Å². The molecule has 0 unspecified atom stereocenters. The fourth-order valence-corrected chi connectivity index (χ4v) is 4.19. The maximum Gasteiger partial charge on any atom is 0.171 e. The summed E-state index contributed by atoms with van der Waals surface area (Å²) in [6, 6.07) is 11.8. The molecule has 0 spiro atoms. The molecular formula is C19H21BrINO3. The van der Waals surface area contributed by atoms with Gasteiger partial charge in [-0.2, -0.15) is 0 Å². The van der Waals surface area contributed by atoms with Crippen molar-refractivity contribution in [2.24, 2.45) is 0 Å². The van der Waals surface area contributed by atoms with E-state index >= 15 is 0 Å². The third-order valence-corrected chi connectivity index (χ3v) is 6.13. The highest BCUT2D eigenvalue weighted by Crippen LogP contribution is 2.36. The van der Waals surface area contributed by atoms with E-state index in [4.69, 9.17) is 4.74 Å². The summed E-state index contributed by atoms with van der Waals surface area (Å²) in [7, 11) is 1.56. The number of likely N-dealkylation sites (tertiary alicyclic amines) is 1. The Morgan fingerprint density at radius 2 is 1.84 bits per heavy atom. The van der Waals surface area contributed by atoms with Crippen LogP contribution in [0.3, 0.4) is 0 Å². The van der Waals surface area contributed by atoms with Crippen molar-refractivity contribution in [3.63, 3.8) is 0 Å². The molecule has 0 aliphatic carbocycles. The Morgan fingerprint density at radius 1 is 1.20 bits per heavy atom. The zero-order valence-electron chi connectivity index (χ0n) is 14.0. The first kappa shape index (κ1) is 18.9. The van der Waals surface area contributed by atoms with Crippen molar-refractivity contribution in [2.45, 2.75) is 25.0 Å². The first-order valence-electron chi connectivity index (χ1n) is 8.17. The number of ether oxygens (including phenoxy) is 1. The van der Waals surface area contributed by atoms with E-state index < -0.39 is 5.60 Å². The highest BCUT2D eigenvalue weighted by atomic mass is 127. The molecular weight excluding hydrogens is 497 g/mol. The van der Waals surface area contributed by atoms with Crippen molar-refractivity contribution >= 4 is 38.5 Å². The lowest BCUT2D eigenvalue weighted by Crippen LogP contribution is -2.42. The molecule has 2 aromatic carbocycles. The molecule has 0 atom stereocenters. The number of piperidine rings is 1. The summed E-state index contributed by atoms with van der Waals surface area (Å²) in [4.78, 5) is 2.33. The van der Waals surface area contributed by atoms with Gasteiger partial charge in [-0.3, -0.25) is 4.90 Å². The number of methoxy groups -OCH3 is 1. The number of nitrogens with zero attached hydrogens (tertiary/aromatic N) is 1. The van der Waals surface area contributed by atoms with Crippen molar-refractivity contribution in [1.82, 2.24) is 4.90 Å². The molecule has 1 heterocycles. The van der Waals surface area contributed by atoms with Crippen LogP contribution in [-0.4, -0.2) is 35.3 Å². The van der Waals surface area contributed by atoms with Crippen molar-refractivity contribution in [3.8, 4) is 11.5 Å². The second kappa shape index (κ2) is 7.82. The van der Waals surface area contributed by atoms with Crippen LogP contribution in [0.15, 0.2) is 40.9 Å². The second-order valence-electron chi connectivity index (χ2n) is 6.44. The van der Waals surface area contributed by atoms with E-state index in [1.165, 1.54) is 0 Å². The lowest BCUT2D eigenvalue weighted by Gasteiger charge is -2.38. The number of phenols is 1. The Hall–Kier alpha value is -0.830. The lowest BCUT2D eigenvalue weighted by atomic mass is 9.84. The first-order chi connectivity index (χ1) is 11.9. The van der Waals surface area contributed by atoms with Crippen molar-refractivity contribution < 1.29 is 14.9 Å². The molecule has 1 fully saturated rings. The number of aromatic hydroxyl groups is 1. The van der Waals surface area contributed by atoms with Crippen LogP contribution in [0.2, 0.25) is 0 Å². The van der Waals surface area contributed by atoms with Gasteiger partial charge >= 0.3 is 0 Å². The van der Waals surface area contributed by atoms with Gasteiger partial charge in [-0.05, 0) is 70.8 Å². The molecule has 3 rings (SSSR count). The van der Waals surface area contributed by atoms with Gasteiger partial charge in [-0.15, -0.1) is 0 Å². The van der Waals surface area contributed by atoms with E-state index in [1.807, 2.05) is 36.4 Å². The van der Waals surface area contributed by atoms with Crippen LogP contribution >= 0.6 is 38.5 Å². The Bertz CT molecular complexity index is 743. The molecule has 0 saturated carbocycles. The molecule has 134 valence electrons. The number of benzene rings is 2. The summed E-state index contributed by atoms with van der Waals surface area (Å²) in [5.74, 6) is 0.695. The topological polar surface area (TPSA) is 52.9 Å². The molecule has 0 amide bonds. The van der Waals surface area contributed by atoms with Crippen LogP contribution in [0.5, 0.6) is 11.5 Å². The fraction of sp³-hybridized carbons (Fsp3) is 0.368. The van der Waals surface area contributed by atoms with Gasteiger partial charge in [0.15, 0.2) is 11.5 Å². The van der Waals surface area contributed by atoms with Gasteiger partial charge in [0, 0.05) is 24.1 Å². The third kappa shape index (κ3) is 4.30. The van der Waals surface area contributed by atoms with Crippen LogP contribution < -0.4 is 4.74 Å². The summed E-state index contributed by atoms with van der Waals surface area (Å²) in [5, 5.41) is 20.9. The number of phenolic OH excluding ortho intramolecular Hbond substituents is 1. The molecule has 6 heteroatoms. The van der Waals surface area contributed by atoms with E-state index in [1.54, 1.807) is 7.11 Å². The largest absolute Gasteiger partial charge is 0.504 e. The zero-order valence-corrected chi connectivity index (χ0v) is 17.7. The molecule has 1 aliphatic rings. The SMILES string of the molecule is COc1cc(CN2CCC(O)(c3ccc(Br)cc3)CC2)cc(I)c1O. The molecule has 2 aromatic rings. The maximum absolute atomic E-state index is 11.0. The van der Waals surface area contributed by atoms with Gasteiger partial charge in [0.1, 0.15) is 0 Å². The number of rotatable bonds is 4. The third-order valence-electron chi connectivity index (χ3n) is 4.78. The molecule has 4 nitrogen and oxygen atoms in total. The molecule has 1 aliphatic heterocycles. The van der Waals surface area contributed by atoms with E-state index in [-0.39, 0.29) is 5.75 Å². The standard InChI is InChI=1S/C19H21BrINO3/c1-25-17-11-13(10-16(21)18(17)23)12-22-8-6-19(24,7-9-22)14-2-4-15(20)5-3-14/h2-5,10-11,23-24H,6-9,12H2,1H3. The normalized spacial score (nSPS) is 17.4. The van der Waals surface area contributed by atoms with Gasteiger partial charge in [0.2, 0.25) is 0 Å². The van der Waals surface area contributed by atoms with Crippen LogP contribution in [0, 0.1) is 3.57 Å².